The summed E-state index contributed by atoms with van der Waals surface area (Å²) in [5.41, 5.74) is 4.97. The zero-order chi connectivity index (χ0) is 11.1. The van der Waals surface area contributed by atoms with E-state index in [1.807, 2.05) is 0 Å². The lowest BCUT2D eigenvalue weighted by atomic mass is 10.3. The van der Waals surface area contributed by atoms with E-state index in [0.29, 0.717) is 25.9 Å². The van der Waals surface area contributed by atoms with Crippen molar-refractivity contribution < 1.29 is 9.59 Å². The third-order valence-electron chi connectivity index (χ3n) is 2.34. The van der Waals surface area contributed by atoms with Crippen molar-refractivity contribution in [3.8, 4) is 0 Å². The highest BCUT2D eigenvalue weighted by atomic mass is 16.2. The van der Waals surface area contributed by atoms with Crippen molar-refractivity contribution in [2.45, 2.75) is 25.7 Å². The lowest BCUT2D eigenvalue weighted by Crippen LogP contribution is -2.35. The Morgan fingerprint density at radius 3 is 2.67 bits per heavy atom. The first-order valence-corrected chi connectivity index (χ1v) is 5.44. The van der Waals surface area contributed by atoms with Crippen molar-refractivity contribution in [3.63, 3.8) is 0 Å². The lowest BCUT2D eigenvalue weighted by Gasteiger charge is -2.05. The lowest BCUT2D eigenvalue weighted by molar-refractivity contribution is -0.121. The van der Waals surface area contributed by atoms with Crippen LogP contribution in [0.4, 0.5) is 0 Å². The van der Waals surface area contributed by atoms with Crippen LogP contribution in [0.25, 0.3) is 0 Å². The van der Waals surface area contributed by atoms with Crippen molar-refractivity contribution in [2.24, 2.45) is 11.7 Å². The Morgan fingerprint density at radius 2 is 2.07 bits per heavy atom. The van der Waals surface area contributed by atoms with Crippen molar-refractivity contribution in [3.05, 3.63) is 0 Å². The van der Waals surface area contributed by atoms with Gasteiger partial charge in [-0.2, -0.15) is 0 Å². The van der Waals surface area contributed by atoms with E-state index in [0.717, 1.165) is 12.5 Å². The average Bonchev–Trinajstić information content (AvgIpc) is 2.96. The van der Waals surface area contributed by atoms with Crippen LogP contribution in [0.2, 0.25) is 0 Å². The van der Waals surface area contributed by atoms with Crippen LogP contribution in [-0.2, 0) is 9.59 Å². The number of carbonyl (C=O) groups excluding carboxylic acids is 2. The van der Waals surface area contributed by atoms with E-state index in [1.165, 1.54) is 12.8 Å². The molecular formula is C10H19N3O2. The number of carbonyl (C=O) groups is 2. The number of amides is 2. The molecule has 1 aliphatic carbocycles. The summed E-state index contributed by atoms with van der Waals surface area (Å²) in [6.45, 7) is 1.83. The van der Waals surface area contributed by atoms with E-state index in [2.05, 4.69) is 10.6 Å². The van der Waals surface area contributed by atoms with E-state index >= 15 is 0 Å². The molecule has 1 rings (SSSR count). The van der Waals surface area contributed by atoms with Crippen LogP contribution < -0.4 is 16.4 Å². The summed E-state index contributed by atoms with van der Waals surface area (Å²) in [5.74, 6) is 0.448. The molecule has 0 saturated heterocycles. The minimum absolute atomic E-state index is 0.0138. The molecule has 0 radical (unpaired) electrons. The maximum absolute atomic E-state index is 11.2. The molecule has 1 fully saturated rings. The fourth-order valence-electron chi connectivity index (χ4n) is 1.26. The molecule has 2 amide bonds. The minimum Gasteiger partial charge on any atom is -0.370 e. The van der Waals surface area contributed by atoms with Gasteiger partial charge in [-0.05, 0) is 31.7 Å². The van der Waals surface area contributed by atoms with Crippen LogP contribution in [0, 0.1) is 5.92 Å². The molecule has 0 aromatic heterocycles. The summed E-state index contributed by atoms with van der Waals surface area (Å²) in [6, 6.07) is 0. The normalized spacial score (nSPS) is 14.9. The molecule has 0 spiro atoms. The van der Waals surface area contributed by atoms with E-state index in [9.17, 15) is 9.59 Å². The second-order valence-corrected chi connectivity index (χ2v) is 3.99. The van der Waals surface area contributed by atoms with Gasteiger partial charge < -0.3 is 16.4 Å². The SMILES string of the molecule is NC(=O)CCCNC(=O)CNCC1CC1. The monoisotopic (exact) mass is 213 g/mol. The highest BCUT2D eigenvalue weighted by Crippen LogP contribution is 2.27. The first-order valence-electron chi connectivity index (χ1n) is 5.44. The zero-order valence-electron chi connectivity index (χ0n) is 8.92. The number of nitrogens with one attached hydrogen (secondary N) is 2. The number of hydrogen-bond donors (Lipinski definition) is 3. The van der Waals surface area contributed by atoms with Crippen LogP contribution in [0.3, 0.4) is 0 Å². The van der Waals surface area contributed by atoms with Crippen molar-refractivity contribution in [2.75, 3.05) is 19.6 Å². The molecule has 0 bridgehead atoms. The van der Waals surface area contributed by atoms with Gasteiger partial charge in [-0.3, -0.25) is 9.59 Å². The van der Waals surface area contributed by atoms with Gasteiger partial charge in [0.2, 0.25) is 11.8 Å². The van der Waals surface area contributed by atoms with Gasteiger partial charge in [-0.15, -0.1) is 0 Å². The van der Waals surface area contributed by atoms with Crippen molar-refractivity contribution in [1.82, 2.24) is 10.6 Å². The van der Waals surface area contributed by atoms with E-state index in [-0.39, 0.29) is 11.8 Å². The highest BCUT2D eigenvalue weighted by Gasteiger charge is 2.20. The van der Waals surface area contributed by atoms with Gasteiger partial charge in [0.05, 0.1) is 6.54 Å². The second-order valence-electron chi connectivity index (χ2n) is 3.99. The van der Waals surface area contributed by atoms with Crippen LogP contribution in [0.15, 0.2) is 0 Å². The highest BCUT2D eigenvalue weighted by molar-refractivity contribution is 5.78. The molecule has 86 valence electrons. The minimum atomic E-state index is -0.323. The summed E-state index contributed by atoms with van der Waals surface area (Å²) in [6.07, 6.45) is 3.51. The summed E-state index contributed by atoms with van der Waals surface area (Å²) in [4.78, 5) is 21.6. The van der Waals surface area contributed by atoms with Gasteiger partial charge in [0.1, 0.15) is 0 Å². The average molecular weight is 213 g/mol. The maximum Gasteiger partial charge on any atom is 0.233 e. The Morgan fingerprint density at radius 1 is 1.33 bits per heavy atom. The molecule has 0 atom stereocenters. The topological polar surface area (TPSA) is 84.2 Å². The summed E-state index contributed by atoms with van der Waals surface area (Å²) >= 11 is 0. The number of nitrogens with two attached hydrogens (primary N) is 1. The summed E-state index contributed by atoms with van der Waals surface area (Å²) in [7, 11) is 0. The Labute approximate surface area is 89.8 Å². The van der Waals surface area contributed by atoms with Crippen LogP contribution in [0.5, 0.6) is 0 Å². The number of rotatable bonds is 8. The van der Waals surface area contributed by atoms with Crippen LogP contribution in [-0.4, -0.2) is 31.4 Å². The first-order chi connectivity index (χ1) is 7.18. The van der Waals surface area contributed by atoms with Crippen molar-refractivity contribution in [1.29, 1.82) is 0 Å². The first kappa shape index (κ1) is 12.0. The maximum atomic E-state index is 11.2. The zero-order valence-corrected chi connectivity index (χ0v) is 8.92. The Bertz CT molecular complexity index is 227. The smallest absolute Gasteiger partial charge is 0.233 e. The molecule has 0 aliphatic heterocycles. The molecular weight excluding hydrogens is 194 g/mol. The van der Waals surface area contributed by atoms with Gasteiger partial charge in [0.25, 0.3) is 0 Å². The van der Waals surface area contributed by atoms with E-state index < -0.39 is 0 Å². The van der Waals surface area contributed by atoms with Gasteiger partial charge >= 0.3 is 0 Å². The van der Waals surface area contributed by atoms with Gasteiger partial charge in [0, 0.05) is 13.0 Å². The summed E-state index contributed by atoms with van der Waals surface area (Å²) in [5, 5.41) is 5.82. The molecule has 0 unspecified atom stereocenters. The van der Waals surface area contributed by atoms with E-state index in [4.69, 9.17) is 5.73 Å². The molecule has 1 saturated carbocycles. The predicted octanol–water partition coefficient (Wildman–Crippen LogP) is -0.632. The number of primary amides is 1. The molecule has 4 N–H and O–H groups in total. The Balaban J connectivity index is 1.86. The predicted molar refractivity (Wildman–Crippen MR) is 57.0 cm³/mol. The molecule has 15 heavy (non-hydrogen) atoms. The van der Waals surface area contributed by atoms with Crippen LogP contribution >= 0.6 is 0 Å². The van der Waals surface area contributed by atoms with Gasteiger partial charge in [-0.25, -0.2) is 0 Å². The Hall–Kier alpha value is -1.10. The molecule has 1 aliphatic rings. The van der Waals surface area contributed by atoms with Crippen molar-refractivity contribution >= 4 is 11.8 Å². The fraction of sp³-hybridized carbons (Fsp3) is 0.800. The largest absolute Gasteiger partial charge is 0.370 e. The molecule has 0 aromatic rings. The molecule has 0 heterocycles. The second kappa shape index (κ2) is 6.40. The Kier molecular flexibility index (Phi) is 5.10. The molecule has 5 nitrogen and oxygen atoms in total. The standard InChI is InChI=1S/C10H19N3O2/c11-9(14)2-1-5-13-10(15)7-12-6-8-3-4-8/h8,12H,1-7H2,(H2,11,14)(H,13,15). The molecule has 5 heteroatoms. The molecule has 0 aromatic carbocycles. The van der Waals surface area contributed by atoms with Gasteiger partial charge in [0.15, 0.2) is 0 Å². The third kappa shape index (κ3) is 6.90. The number of hydrogen-bond acceptors (Lipinski definition) is 3. The summed E-state index contributed by atoms with van der Waals surface area (Å²) < 4.78 is 0. The quantitative estimate of drug-likeness (QED) is 0.469. The fourth-order valence-corrected chi connectivity index (χ4v) is 1.26. The van der Waals surface area contributed by atoms with Gasteiger partial charge in [-0.1, -0.05) is 0 Å². The third-order valence-corrected chi connectivity index (χ3v) is 2.34. The van der Waals surface area contributed by atoms with Crippen LogP contribution in [0.1, 0.15) is 25.7 Å². The van der Waals surface area contributed by atoms with E-state index in [1.54, 1.807) is 0 Å².